The van der Waals surface area contributed by atoms with Gasteiger partial charge in [0.1, 0.15) is 5.82 Å². The van der Waals surface area contributed by atoms with Crippen LogP contribution in [0, 0.1) is 10.1 Å². The highest BCUT2D eigenvalue weighted by atomic mass is 79.9. The van der Waals surface area contributed by atoms with Crippen LogP contribution in [0.25, 0.3) is 0 Å². The van der Waals surface area contributed by atoms with E-state index < -0.39 is 10.7 Å². The zero-order valence-corrected chi connectivity index (χ0v) is 13.7. The Bertz CT molecular complexity index is 581. The maximum atomic E-state index is 11.0. The predicted molar refractivity (Wildman–Crippen MR) is 81.2 cm³/mol. The SMILES string of the molecule is COc1nc(N2CCC3(CC2)OCCO3)c(Br)cc1[N+](=O)[O-]. The Morgan fingerprint density at radius 3 is 2.59 bits per heavy atom. The van der Waals surface area contributed by atoms with Crippen LogP contribution in [0.3, 0.4) is 0 Å². The van der Waals surface area contributed by atoms with Gasteiger partial charge in [0.2, 0.25) is 0 Å². The number of anilines is 1. The number of ether oxygens (including phenoxy) is 3. The summed E-state index contributed by atoms with van der Waals surface area (Å²) in [5.74, 6) is 0.181. The smallest absolute Gasteiger partial charge is 0.332 e. The molecule has 0 saturated carbocycles. The normalized spacial score (nSPS) is 20.4. The second kappa shape index (κ2) is 5.98. The van der Waals surface area contributed by atoms with Gasteiger partial charge in [0.05, 0.1) is 29.7 Å². The van der Waals surface area contributed by atoms with Gasteiger partial charge in [0.15, 0.2) is 5.79 Å². The fourth-order valence-corrected chi connectivity index (χ4v) is 3.36. The van der Waals surface area contributed by atoms with Crippen molar-refractivity contribution in [3.63, 3.8) is 0 Å². The van der Waals surface area contributed by atoms with Crippen molar-refractivity contribution in [3.8, 4) is 5.88 Å². The van der Waals surface area contributed by atoms with Crippen molar-refractivity contribution in [2.75, 3.05) is 38.3 Å². The van der Waals surface area contributed by atoms with E-state index in [9.17, 15) is 10.1 Å². The van der Waals surface area contributed by atoms with E-state index in [4.69, 9.17) is 14.2 Å². The number of hydrogen-bond donors (Lipinski definition) is 0. The van der Waals surface area contributed by atoms with E-state index in [0.717, 1.165) is 12.8 Å². The van der Waals surface area contributed by atoms with Crippen molar-refractivity contribution in [2.45, 2.75) is 18.6 Å². The quantitative estimate of drug-likeness (QED) is 0.592. The highest BCUT2D eigenvalue weighted by Crippen LogP contribution is 2.38. The van der Waals surface area contributed by atoms with Gasteiger partial charge in [-0.3, -0.25) is 10.1 Å². The summed E-state index contributed by atoms with van der Waals surface area (Å²) in [6.45, 7) is 2.67. The zero-order valence-electron chi connectivity index (χ0n) is 12.1. The molecule has 0 radical (unpaired) electrons. The Hall–Kier alpha value is -1.45. The molecule has 0 atom stereocenters. The Kier molecular flexibility index (Phi) is 4.20. The Balaban J connectivity index is 1.82. The maximum absolute atomic E-state index is 11.0. The van der Waals surface area contributed by atoms with Gasteiger partial charge >= 0.3 is 5.69 Å². The fourth-order valence-electron chi connectivity index (χ4n) is 2.80. The van der Waals surface area contributed by atoms with Gasteiger partial charge in [-0.2, -0.15) is 4.98 Å². The molecule has 1 aromatic rings. The lowest BCUT2D eigenvalue weighted by atomic mass is 10.0. The van der Waals surface area contributed by atoms with Gasteiger partial charge in [0.25, 0.3) is 5.88 Å². The molecule has 2 fully saturated rings. The van der Waals surface area contributed by atoms with Crippen molar-refractivity contribution in [2.24, 2.45) is 0 Å². The van der Waals surface area contributed by atoms with Gasteiger partial charge in [-0.25, -0.2) is 0 Å². The van der Waals surface area contributed by atoms with Crippen molar-refractivity contribution < 1.29 is 19.1 Å². The highest BCUT2D eigenvalue weighted by molar-refractivity contribution is 9.10. The van der Waals surface area contributed by atoms with E-state index in [-0.39, 0.29) is 11.6 Å². The molecule has 0 amide bonds. The summed E-state index contributed by atoms with van der Waals surface area (Å²) in [6.07, 6.45) is 1.47. The van der Waals surface area contributed by atoms with Crippen LogP contribution in [0.5, 0.6) is 5.88 Å². The molecule has 0 aliphatic carbocycles. The van der Waals surface area contributed by atoms with E-state index in [2.05, 4.69) is 20.9 Å². The average Bonchev–Trinajstić information content (AvgIpc) is 2.96. The number of pyridine rings is 1. The monoisotopic (exact) mass is 373 g/mol. The van der Waals surface area contributed by atoms with Gasteiger partial charge in [-0.15, -0.1) is 0 Å². The first-order valence-electron chi connectivity index (χ1n) is 6.96. The second-order valence-electron chi connectivity index (χ2n) is 5.17. The van der Waals surface area contributed by atoms with Gasteiger partial charge in [-0.1, -0.05) is 0 Å². The summed E-state index contributed by atoms with van der Waals surface area (Å²) in [7, 11) is 1.37. The van der Waals surface area contributed by atoms with E-state index >= 15 is 0 Å². The molecule has 0 bridgehead atoms. The first-order valence-corrected chi connectivity index (χ1v) is 7.76. The summed E-state index contributed by atoms with van der Waals surface area (Å²) in [4.78, 5) is 16.8. The molecule has 9 heteroatoms. The average molecular weight is 374 g/mol. The molecule has 1 aromatic heterocycles. The highest BCUT2D eigenvalue weighted by Gasteiger charge is 2.40. The first kappa shape index (κ1) is 15.4. The third-order valence-corrected chi connectivity index (χ3v) is 4.52. The summed E-state index contributed by atoms with van der Waals surface area (Å²) in [5.41, 5.74) is -0.158. The first-order chi connectivity index (χ1) is 10.5. The molecule has 2 aliphatic heterocycles. The topological polar surface area (TPSA) is 87.0 Å². The van der Waals surface area contributed by atoms with Crippen LogP contribution in [0.2, 0.25) is 0 Å². The molecule has 3 rings (SSSR count). The Morgan fingerprint density at radius 2 is 2.05 bits per heavy atom. The standard InChI is InChI=1S/C13H16BrN3O5/c1-20-12-10(17(18)19)8-9(14)11(15-12)16-4-2-13(3-5-16)21-6-7-22-13/h8H,2-7H2,1H3. The van der Waals surface area contributed by atoms with Crippen LogP contribution in [0.15, 0.2) is 10.5 Å². The minimum Gasteiger partial charge on any atom is -0.476 e. The number of nitro groups is 1. The number of methoxy groups -OCH3 is 1. The van der Waals surface area contributed by atoms with Gasteiger partial charge in [-0.05, 0) is 15.9 Å². The lowest BCUT2D eigenvalue weighted by molar-refractivity contribution is -0.386. The maximum Gasteiger partial charge on any atom is 0.332 e. The lowest BCUT2D eigenvalue weighted by Gasteiger charge is -2.38. The van der Waals surface area contributed by atoms with Crippen molar-refractivity contribution >= 4 is 27.4 Å². The van der Waals surface area contributed by atoms with Crippen LogP contribution in [0.4, 0.5) is 11.5 Å². The van der Waals surface area contributed by atoms with Gasteiger partial charge < -0.3 is 19.1 Å². The number of rotatable bonds is 3. The Labute approximate surface area is 135 Å². The number of halogens is 1. The van der Waals surface area contributed by atoms with Gasteiger partial charge in [0, 0.05) is 32.0 Å². The van der Waals surface area contributed by atoms with Crippen LogP contribution in [-0.4, -0.2) is 49.1 Å². The number of aromatic nitrogens is 1. The van der Waals surface area contributed by atoms with E-state index in [1.54, 1.807) is 0 Å². The third kappa shape index (κ3) is 2.75. The molecule has 120 valence electrons. The predicted octanol–water partition coefficient (Wildman–Crippen LogP) is 2.10. The van der Waals surface area contributed by atoms with Crippen molar-refractivity contribution in [1.29, 1.82) is 0 Å². The summed E-state index contributed by atoms with van der Waals surface area (Å²) < 4.78 is 17.0. The van der Waals surface area contributed by atoms with Crippen LogP contribution in [0.1, 0.15) is 12.8 Å². The number of hydrogen-bond acceptors (Lipinski definition) is 7. The molecule has 3 heterocycles. The van der Waals surface area contributed by atoms with Crippen LogP contribution < -0.4 is 9.64 Å². The summed E-state index contributed by atoms with van der Waals surface area (Å²) >= 11 is 3.36. The number of piperidine rings is 1. The minimum absolute atomic E-state index is 0.0110. The van der Waals surface area contributed by atoms with Crippen molar-refractivity contribution in [1.82, 2.24) is 4.98 Å². The summed E-state index contributed by atoms with van der Waals surface area (Å²) in [6, 6.07) is 1.42. The fraction of sp³-hybridized carbons (Fsp3) is 0.615. The molecule has 1 spiro atoms. The molecular formula is C13H16BrN3O5. The van der Waals surface area contributed by atoms with E-state index in [1.165, 1.54) is 13.2 Å². The summed E-state index contributed by atoms with van der Waals surface area (Å²) in [5, 5.41) is 11.0. The minimum atomic E-state index is -0.508. The zero-order chi connectivity index (χ0) is 15.7. The van der Waals surface area contributed by atoms with Crippen molar-refractivity contribution in [3.05, 3.63) is 20.7 Å². The molecule has 22 heavy (non-hydrogen) atoms. The molecule has 8 nitrogen and oxygen atoms in total. The van der Waals surface area contributed by atoms with Crippen LogP contribution in [-0.2, 0) is 9.47 Å². The Morgan fingerprint density at radius 1 is 1.41 bits per heavy atom. The van der Waals surface area contributed by atoms with E-state index in [0.29, 0.717) is 36.6 Å². The molecule has 0 N–H and O–H groups in total. The molecule has 0 unspecified atom stereocenters. The van der Waals surface area contributed by atoms with Crippen LogP contribution >= 0.6 is 15.9 Å². The molecule has 0 aromatic carbocycles. The molecule has 2 aliphatic rings. The third-order valence-electron chi connectivity index (χ3n) is 3.93. The van der Waals surface area contributed by atoms with E-state index in [1.807, 2.05) is 4.90 Å². The molecule has 2 saturated heterocycles. The lowest BCUT2D eigenvalue weighted by Crippen LogP contribution is -2.45. The largest absolute Gasteiger partial charge is 0.476 e. The molecular weight excluding hydrogens is 358 g/mol. The second-order valence-corrected chi connectivity index (χ2v) is 6.03. The number of nitrogens with zero attached hydrogens (tertiary/aromatic N) is 3.